The van der Waals surface area contributed by atoms with E-state index in [4.69, 9.17) is 0 Å². The highest BCUT2D eigenvalue weighted by Crippen LogP contribution is 2.17. The van der Waals surface area contributed by atoms with E-state index in [1.807, 2.05) is 24.0 Å². The number of pyridine rings is 1. The molecule has 2 heterocycles. The highest BCUT2D eigenvalue weighted by atomic mass is 16.2. The number of nitrogens with one attached hydrogen (secondary N) is 1. The molecular formula is C13H19N3O. The van der Waals surface area contributed by atoms with E-state index in [-0.39, 0.29) is 6.03 Å². The van der Waals surface area contributed by atoms with Gasteiger partial charge in [-0.3, -0.25) is 4.98 Å². The lowest BCUT2D eigenvalue weighted by atomic mass is 10.00. The predicted octanol–water partition coefficient (Wildman–Crippen LogP) is 2.65. The van der Waals surface area contributed by atoms with E-state index >= 15 is 0 Å². The van der Waals surface area contributed by atoms with Crippen molar-refractivity contribution in [2.75, 3.05) is 18.4 Å². The lowest BCUT2D eigenvalue weighted by molar-refractivity contribution is 0.186. The molecule has 0 bridgehead atoms. The summed E-state index contributed by atoms with van der Waals surface area (Å²) in [5.74, 6) is 0.736. The number of anilines is 1. The first-order valence-corrected chi connectivity index (χ1v) is 6.14. The van der Waals surface area contributed by atoms with E-state index in [1.54, 1.807) is 6.20 Å². The van der Waals surface area contributed by atoms with Crippen LogP contribution < -0.4 is 5.32 Å². The minimum atomic E-state index is -0.0115. The summed E-state index contributed by atoms with van der Waals surface area (Å²) in [6.45, 7) is 5.87. The Morgan fingerprint density at radius 2 is 2.12 bits per heavy atom. The van der Waals surface area contributed by atoms with Gasteiger partial charge in [-0.05, 0) is 37.8 Å². The minimum Gasteiger partial charge on any atom is -0.325 e. The Balaban J connectivity index is 1.90. The molecule has 4 heteroatoms. The van der Waals surface area contributed by atoms with Crippen molar-refractivity contribution < 1.29 is 4.79 Å². The van der Waals surface area contributed by atoms with E-state index in [0.29, 0.717) is 0 Å². The molecule has 1 saturated heterocycles. The van der Waals surface area contributed by atoms with Crippen molar-refractivity contribution in [1.82, 2.24) is 9.88 Å². The molecule has 0 radical (unpaired) electrons. The average molecular weight is 233 g/mol. The van der Waals surface area contributed by atoms with Crippen LogP contribution in [0.4, 0.5) is 10.5 Å². The van der Waals surface area contributed by atoms with Crippen LogP contribution in [0.25, 0.3) is 0 Å². The summed E-state index contributed by atoms with van der Waals surface area (Å²) in [6, 6.07) is 3.77. The van der Waals surface area contributed by atoms with Gasteiger partial charge in [-0.1, -0.05) is 6.92 Å². The second-order valence-corrected chi connectivity index (χ2v) is 4.79. The van der Waals surface area contributed by atoms with Gasteiger partial charge in [0, 0.05) is 18.8 Å². The fourth-order valence-electron chi connectivity index (χ4n) is 1.96. The average Bonchev–Trinajstić information content (AvgIpc) is 2.33. The number of aryl methyl sites for hydroxylation is 1. The van der Waals surface area contributed by atoms with E-state index in [1.165, 1.54) is 0 Å². The number of amides is 2. The van der Waals surface area contributed by atoms with Crippen LogP contribution in [0.3, 0.4) is 0 Å². The molecule has 0 atom stereocenters. The number of hydrogen-bond acceptors (Lipinski definition) is 2. The first-order chi connectivity index (χ1) is 8.15. The van der Waals surface area contributed by atoms with Crippen molar-refractivity contribution >= 4 is 11.7 Å². The largest absolute Gasteiger partial charge is 0.325 e. The number of hydrogen-bond donors (Lipinski definition) is 1. The van der Waals surface area contributed by atoms with Gasteiger partial charge in [0.2, 0.25) is 0 Å². The Labute approximate surface area is 102 Å². The number of piperidine rings is 1. The van der Waals surface area contributed by atoms with Crippen LogP contribution in [0.1, 0.15) is 25.5 Å². The lowest BCUT2D eigenvalue weighted by Gasteiger charge is -2.30. The molecule has 0 aliphatic carbocycles. The Morgan fingerprint density at radius 1 is 1.41 bits per heavy atom. The molecule has 0 spiro atoms. The molecule has 1 fully saturated rings. The monoisotopic (exact) mass is 233 g/mol. The molecule has 0 unspecified atom stereocenters. The number of urea groups is 1. The molecule has 0 saturated carbocycles. The molecule has 1 aliphatic heterocycles. The molecule has 2 rings (SSSR count). The highest BCUT2D eigenvalue weighted by Gasteiger charge is 2.20. The molecular weight excluding hydrogens is 214 g/mol. The molecule has 1 N–H and O–H groups in total. The zero-order valence-corrected chi connectivity index (χ0v) is 10.4. The summed E-state index contributed by atoms with van der Waals surface area (Å²) in [7, 11) is 0. The van der Waals surface area contributed by atoms with E-state index < -0.39 is 0 Å². The quantitative estimate of drug-likeness (QED) is 0.810. The number of carbonyl (C=O) groups excluding carboxylic acids is 1. The van der Waals surface area contributed by atoms with Gasteiger partial charge >= 0.3 is 6.03 Å². The topological polar surface area (TPSA) is 45.2 Å². The maximum absolute atomic E-state index is 11.9. The zero-order valence-electron chi connectivity index (χ0n) is 10.4. The smallest absolute Gasteiger partial charge is 0.321 e. The van der Waals surface area contributed by atoms with Crippen molar-refractivity contribution in [3.63, 3.8) is 0 Å². The third-order valence-corrected chi connectivity index (χ3v) is 3.23. The van der Waals surface area contributed by atoms with Crippen LogP contribution in [-0.2, 0) is 0 Å². The number of aromatic nitrogens is 1. The Morgan fingerprint density at radius 3 is 2.71 bits per heavy atom. The SMILES string of the molecule is Cc1ccc(NC(=O)N2CCC(C)CC2)cn1. The molecule has 17 heavy (non-hydrogen) atoms. The van der Waals surface area contributed by atoms with Crippen molar-refractivity contribution in [3.8, 4) is 0 Å². The molecule has 1 aromatic rings. The van der Waals surface area contributed by atoms with Gasteiger partial charge in [0.05, 0.1) is 11.9 Å². The first-order valence-electron chi connectivity index (χ1n) is 6.14. The number of rotatable bonds is 1. The fraction of sp³-hybridized carbons (Fsp3) is 0.538. The highest BCUT2D eigenvalue weighted by molar-refractivity contribution is 5.89. The Hall–Kier alpha value is -1.58. The normalized spacial score (nSPS) is 16.9. The summed E-state index contributed by atoms with van der Waals surface area (Å²) in [5.41, 5.74) is 1.72. The van der Waals surface area contributed by atoms with E-state index in [9.17, 15) is 4.79 Å². The van der Waals surface area contributed by atoms with Gasteiger partial charge in [0.1, 0.15) is 0 Å². The summed E-state index contributed by atoms with van der Waals surface area (Å²) < 4.78 is 0. The molecule has 1 aliphatic rings. The van der Waals surface area contributed by atoms with Gasteiger partial charge in [0.25, 0.3) is 0 Å². The molecule has 1 aromatic heterocycles. The van der Waals surface area contributed by atoms with Crippen molar-refractivity contribution in [2.24, 2.45) is 5.92 Å². The molecule has 4 nitrogen and oxygen atoms in total. The maximum Gasteiger partial charge on any atom is 0.321 e. The predicted molar refractivity (Wildman–Crippen MR) is 68.0 cm³/mol. The Bertz CT molecular complexity index is 380. The van der Waals surface area contributed by atoms with Crippen molar-refractivity contribution in [2.45, 2.75) is 26.7 Å². The van der Waals surface area contributed by atoms with E-state index in [2.05, 4.69) is 17.2 Å². The summed E-state index contributed by atoms with van der Waals surface area (Å²) in [4.78, 5) is 18.0. The Kier molecular flexibility index (Phi) is 3.61. The van der Waals surface area contributed by atoms with Crippen molar-refractivity contribution in [1.29, 1.82) is 0 Å². The van der Waals surface area contributed by atoms with Crippen LogP contribution in [-0.4, -0.2) is 29.0 Å². The number of nitrogens with zero attached hydrogens (tertiary/aromatic N) is 2. The number of carbonyl (C=O) groups is 1. The van der Waals surface area contributed by atoms with Crippen LogP contribution in [0.15, 0.2) is 18.3 Å². The molecule has 92 valence electrons. The van der Waals surface area contributed by atoms with Gasteiger partial charge < -0.3 is 10.2 Å². The third kappa shape index (κ3) is 3.19. The summed E-state index contributed by atoms with van der Waals surface area (Å²) >= 11 is 0. The molecule has 0 aromatic carbocycles. The fourth-order valence-corrected chi connectivity index (χ4v) is 1.96. The first kappa shape index (κ1) is 11.9. The van der Waals surface area contributed by atoms with Crippen LogP contribution in [0, 0.1) is 12.8 Å². The third-order valence-electron chi connectivity index (χ3n) is 3.23. The standard InChI is InChI=1S/C13H19N3O/c1-10-5-7-16(8-6-10)13(17)15-12-4-3-11(2)14-9-12/h3-4,9-10H,5-8H2,1-2H3,(H,15,17). The second kappa shape index (κ2) is 5.17. The van der Waals surface area contributed by atoms with Gasteiger partial charge in [-0.2, -0.15) is 0 Å². The van der Waals surface area contributed by atoms with Gasteiger partial charge in [-0.15, -0.1) is 0 Å². The minimum absolute atomic E-state index is 0.0115. The molecule has 2 amide bonds. The summed E-state index contributed by atoms with van der Waals surface area (Å²) in [5, 5.41) is 2.88. The van der Waals surface area contributed by atoms with Crippen LogP contribution in [0.2, 0.25) is 0 Å². The lowest BCUT2D eigenvalue weighted by Crippen LogP contribution is -2.40. The van der Waals surface area contributed by atoms with E-state index in [0.717, 1.165) is 43.2 Å². The second-order valence-electron chi connectivity index (χ2n) is 4.79. The van der Waals surface area contributed by atoms with Crippen LogP contribution in [0.5, 0.6) is 0 Å². The van der Waals surface area contributed by atoms with Gasteiger partial charge in [0.15, 0.2) is 0 Å². The number of likely N-dealkylation sites (tertiary alicyclic amines) is 1. The summed E-state index contributed by atoms with van der Waals surface area (Å²) in [6.07, 6.45) is 3.89. The zero-order chi connectivity index (χ0) is 12.3. The van der Waals surface area contributed by atoms with Crippen molar-refractivity contribution in [3.05, 3.63) is 24.0 Å². The maximum atomic E-state index is 11.9. The van der Waals surface area contributed by atoms with Crippen LogP contribution >= 0.6 is 0 Å². The van der Waals surface area contributed by atoms with Gasteiger partial charge in [-0.25, -0.2) is 4.79 Å².